The summed E-state index contributed by atoms with van der Waals surface area (Å²) in [7, 11) is -3.76. The van der Waals surface area contributed by atoms with Crippen LogP contribution in [-0.2, 0) is 10.0 Å². The third kappa shape index (κ3) is 3.46. The highest BCUT2D eigenvalue weighted by Gasteiger charge is 2.14. The van der Waals surface area contributed by atoms with Crippen LogP contribution in [-0.4, -0.2) is 19.7 Å². The van der Waals surface area contributed by atoms with Crippen LogP contribution in [0.4, 0.5) is 4.39 Å². The van der Waals surface area contributed by atoms with E-state index < -0.39 is 10.0 Å². The molecule has 0 amide bonds. The summed E-state index contributed by atoms with van der Waals surface area (Å²) in [6.07, 6.45) is 1.72. The summed E-state index contributed by atoms with van der Waals surface area (Å²) in [5.74, 6) is -0.375. The van der Waals surface area contributed by atoms with Gasteiger partial charge < -0.3 is 0 Å². The number of sulfonamides is 1. The van der Waals surface area contributed by atoms with E-state index in [4.69, 9.17) is 0 Å². The van der Waals surface area contributed by atoms with Gasteiger partial charge in [0.15, 0.2) is 0 Å². The van der Waals surface area contributed by atoms with Gasteiger partial charge >= 0.3 is 0 Å². The van der Waals surface area contributed by atoms with Crippen molar-refractivity contribution in [2.75, 3.05) is 6.26 Å². The van der Waals surface area contributed by atoms with E-state index in [9.17, 15) is 12.8 Å². The fourth-order valence-electron chi connectivity index (χ4n) is 1.55. The van der Waals surface area contributed by atoms with Gasteiger partial charge in [-0.15, -0.1) is 11.8 Å². The molecule has 0 unspecified atom stereocenters. The largest absolute Gasteiger partial charge is 0.283 e. The lowest BCUT2D eigenvalue weighted by Crippen LogP contribution is -2.03. The summed E-state index contributed by atoms with van der Waals surface area (Å²) in [5.41, 5.74) is 0.568. The van der Waals surface area contributed by atoms with Gasteiger partial charge in [-0.3, -0.25) is 0 Å². The van der Waals surface area contributed by atoms with Crippen molar-refractivity contribution in [1.29, 1.82) is 0 Å². The molecule has 20 heavy (non-hydrogen) atoms. The molecule has 0 saturated heterocycles. The van der Waals surface area contributed by atoms with Gasteiger partial charge in [0.25, 0.3) is 10.0 Å². The summed E-state index contributed by atoms with van der Waals surface area (Å²) >= 11 is 1.20. The molecule has 3 nitrogen and oxygen atoms in total. The molecule has 0 atom stereocenters. The number of nitrogens with zero attached hydrogens (tertiary/aromatic N) is 1. The van der Waals surface area contributed by atoms with E-state index in [2.05, 4.69) is 4.40 Å². The van der Waals surface area contributed by atoms with Crippen molar-refractivity contribution in [3.05, 3.63) is 66.0 Å². The standard InChI is InChI=1S/C14H12FNO2S2/c1-19-14(11-7-9-12(15)10-8-11)16-20(17,18)13-5-3-2-4-6-13/h2-10H,1H3/b16-14-. The average molecular weight is 309 g/mol. The molecule has 2 rings (SSSR count). The van der Waals surface area contributed by atoms with Gasteiger partial charge in [0.1, 0.15) is 10.9 Å². The third-order valence-electron chi connectivity index (χ3n) is 2.53. The molecule has 104 valence electrons. The zero-order valence-corrected chi connectivity index (χ0v) is 12.3. The van der Waals surface area contributed by atoms with Crippen LogP contribution >= 0.6 is 11.8 Å². The van der Waals surface area contributed by atoms with Crippen molar-refractivity contribution < 1.29 is 12.8 Å². The summed E-state index contributed by atoms with van der Waals surface area (Å²) in [5, 5.41) is 0.328. The normalized spacial score (nSPS) is 12.4. The molecule has 6 heteroatoms. The number of benzene rings is 2. The van der Waals surface area contributed by atoms with E-state index >= 15 is 0 Å². The maximum atomic E-state index is 12.9. The Morgan fingerprint density at radius 3 is 2.20 bits per heavy atom. The number of hydrogen-bond donors (Lipinski definition) is 0. The molecule has 0 fully saturated rings. The third-order valence-corrected chi connectivity index (χ3v) is 4.65. The van der Waals surface area contributed by atoms with Gasteiger partial charge in [-0.2, -0.15) is 12.8 Å². The summed E-state index contributed by atoms with van der Waals surface area (Å²) in [6, 6.07) is 13.5. The molecule has 0 bridgehead atoms. The van der Waals surface area contributed by atoms with Crippen molar-refractivity contribution >= 4 is 26.8 Å². The lowest BCUT2D eigenvalue weighted by Gasteiger charge is -2.04. The van der Waals surface area contributed by atoms with Crippen molar-refractivity contribution in [2.24, 2.45) is 4.40 Å². The van der Waals surface area contributed by atoms with Crippen molar-refractivity contribution in [2.45, 2.75) is 4.90 Å². The number of hydrogen-bond acceptors (Lipinski definition) is 3. The summed E-state index contributed by atoms with van der Waals surface area (Å²) in [4.78, 5) is 0.133. The Balaban J connectivity index is 2.43. The van der Waals surface area contributed by atoms with Gasteiger partial charge in [-0.1, -0.05) is 18.2 Å². The smallest absolute Gasteiger partial charge is 0.207 e. The lowest BCUT2D eigenvalue weighted by atomic mass is 10.2. The fourth-order valence-corrected chi connectivity index (χ4v) is 3.45. The Morgan fingerprint density at radius 1 is 1.05 bits per heavy atom. The topological polar surface area (TPSA) is 46.5 Å². The van der Waals surface area contributed by atoms with Crippen LogP contribution in [0.25, 0.3) is 0 Å². The van der Waals surface area contributed by atoms with Gasteiger partial charge in [-0.05, 0) is 42.7 Å². The molecule has 0 aliphatic carbocycles. The Bertz CT molecular complexity index is 711. The van der Waals surface area contributed by atoms with E-state index in [-0.39, 0.29) is 10.7 Å². The van der Waals surface area contributed by atoms with Gasteiger partial charge in [-0.25, -0.2) is 4.39 Å². The fraction of sp³-hybridized carbons (Fsp3) is 0.0714. The predicted molar refractivity (Wildman–Crippen MR) is 80.1 cm³/mol. The quantitative estimate of drug-likeness (QED) is 0.645. The second-order valence-corrected chi connectivity index (χ2v) is 6.29. The van der Waals surface area contributed by atoms with Crippen LogP contribution in [0, 0.1) is 5.82 Å². The first-order valence-corrected chi connectivity index (χ1v) is 8.39. The van der Waals surface area contributed by atoms with Crippen LogP contribution < -0.4 is 0 Å². The number of thioether (sulfide) groups is 1. The Kier molecular flexibility index (Phi) is 4.57. The summed E-state index contributed by atoms with van der Waals surface area (Å²) in [6.45, 7) is 0. The minimum atomic E-state index is -3.76. The molecule has 0 heterocycles. The molecular weight excluding hydrogens is 297 g/mol. The Hall–Kier alpha value is -1.66. The van der Waals surface area contributed by atoms with Crippen molar-refractivity contribution in [3.63, 3.8) is 0 Å². The van der Waals surface area contributed by atoms with Crippen molar-refractivity contribution in [1.82, 2.24) is 0 Å². The average Bonchev–Trinajstić information content (AvgIpc) is 2.47. The maximum Gasteiger partial charge on any atom is 0.283 e. The van der Waals surface area contributed by atoms with E-state index in [0.29, 0.717) is 10.6 Å². The van der Waals surface area contributed by atoms with Crippen LogP contribution in [0.5, 0.6) is 0 Å². The number of halogens is 1. The van der Waals surface area contributed by atoms with Crippen LogP contribution in [0.3, 0.4) is 0 Å². The predicted octanol–water partition coefficient (Wildman–Crippen LogP) is 3.32. The highest BCUT2D eigenvalue weighted by atomic mass is 32.2. The van der Waals surface area contributed by atoms with E-state index in [1.54, 1.807) is 24.5 Å². The van der Waals surface area contributed by atoms with Crippen molar-refractivity contribution in [3.8, 4) is 0 Å². The first-order valence-electron chi connectivity index (χ1n) is 5.73. The highest BCUT2D eigenvalue weighted by Crippen LogP contribution is 2.18. The van der Waals surface area contributed by atoms with E-state index in [0.717, 1.165) is 0 Å². The molecule has 2 aromatic carbocycles. The minimum absolute atomic E-state index is 0.133. The molecule has 0 N–H and O–H groups in total. The van der Waals surface area contributed by atoms with Crippen LogP contribution in [0.15, 0.2) is 63.9 Å². The molecule has 0 radical (unpaired) electrons. The number of rotatable bonds is 3. The van der Waals surface area contributed by atoms with Gasteiger partial charge in [0.05, 0.1) is 4.90 Å². The van der Waals surface area contributed by atoms with E-state index in [1.165, 1.54) is 48.2 Å². The van der Waals surface area contributed by atoms with Gasteiger partial charge in [0.2, 0.25) is 0 Å². The van der Waals surface area contributed by atoms with Crippen LogP contribution in [0.1, 0.15) is 5.56 Å². The monoisotopic (exact) mass is 309 g/mol. The molecule has 0 aliphatic heterocycles. The lowest BCUT2D eigenvalue weighted by molar-refractivity contribution is 0.598. The highest BCUT2D eigenvalue weighted by molar-refractivity contribution is 8.14. The second-order valence-electron chi connectivity index (χ2n) is 3.90. The molecule has 0 saturated carbocycles. The molecule has 0 aromatic heterocycles. The SMILES string of the molecule is CS/C(=N\S(=O)(=O)c1ccccc1)c1ccc(F)cc1. The van der Waals surface area contributed by atoms with E-state index in [1.807, 2.05) is 0 Å². The second kappa shape index (κ2) is 6.19. The molecule has 2 aromatic rings. The maximum absolute atomic E-state index is 12.9. The summed E-state index contributed by atoms with van der Waals surface area (Å²) < 4.78 is 41.1. The zero-order chi connectivity index (χ0) is 14.6. The Morgan fingerprint density at radius 2 is 1.65 bits per heavy atom. The van der Waals surface area contributed by atoms with Crippen LogP contribution in [0.2, 0.25) is 0 Å². The zero-order valence-electron chi connectivity index (χ0n) is 10.7. The molecule has 0 aliphatic rings. The first-order chi connectivity index (χ1) is 9.53. The molecular formula is C14H12FNO2S2. The molecule has 0 spiro atoms. The Labute approximate surface area is 121 Å². The van der Waals surface area contributed by atoms with Gasteiger partial charge in [0, 0.05) is 5.56 Å². The first kappa shape index (κ1) is 14.7. The minimum Gasteiger partial charge on any atom is -0.207 e.